The van der Waals surface area contributed by atoms with Crippen molar-refractivity contribution in [3.05, 3.63) is 0 Å². The quantitative estimate of drug-likeness (QED) is 0.353. The Hall–Kier alpha value is -0.850. The van der Waals surface area contributed by atoms with Crippen molar-refractivity contribution in [1.29, 1.82) is 0 Å². The molecule has 1 fully saturated rings. The van der Waals surface area contributed by atoms with Crippen molar-refractivity contribution < 1.29 is 4.74 Å². The highest BCUT2D eigenvalue weighted by molar-refractivity contribution is 5.79. The Labute approximate surface area is 155 Å². The van der Waals surface area contributed by atoms with Crippen molar-refractivity contribution in [3.63, 3.8) is 0 Å². The average Bonchev–Trinajstić information content (AvgIpc) is 2.57. The largest absolute Gasteiger partial charge is 0.381 e. The van der Waals surface area contributed by atoms with Crippen molar-refractivity contribution in [3.8, 4) is 0 Å². The zero-order valence-electron chi connectivity index (χ0n) is 17.3. The lowest BCUT2D eigenvalue weighted by Gasteiger charge is -2.40. The van der Waals surface area contributed by atoms with Gasteiger partial charge in [-0.05, 0) is 25.3 Å². The van der Waals surface area contributed by atoms with Gasteiger partial charge in [-0.2, -0.15) is 0 Å². The first-order valence-corrected chi connectivity index (χ1v) is 9.88. The minimum Gasteiger partial charge on any atom is -0.381 e. The predicted molar refractivity (Wildman–Crippen MR) is 107 cm³/mol. The van der Waals surface area contributed by atoms with Crippen molar-refractivity contribution >= 4 is 5.96 Å². The van der Waals surface area contributed by atoms with Gasteiger partial charge >= 0.3 is 0 Å². The molecule has 148 valence electrons. The standard InChI is InChI=1S/C19H41N5O/c1-16(2)15-25-13-7-8-21-19(20-5)22-14-18(17(3)4)24-11-9-23(6)10-12-24/h16-18H,7-15H2,1-6H3,(H2,20,21,22). The van der Waals surface area contributed by atoms with Crippen LogP contribution in [0.5, 0.6) is 0 Å². The maximum absolute atomic E-state index is 5.62. The Morgan fingerprint density at radius 1 is 1.08 bits per heavy atom. The van der Waals surface area contributed by atoms with E-state index in [0.29, 0.717) is 17.9 Å². The molecule has 0 radical (unpaired) electrons. The molecule has 1 aliphatic heterocycles. The van der Waals surface area contributed by atoms with Crippen LogP contribution >= 0.6 is 0 Å². The van der Waals surface area contributed by atoms with Gasteiger partial charge < -0.3 is 20.3 Å². The SMILES string of the molecule is CN=C(NCCCOCC(C)C)NCC(C(C)C)N1CCN(C)CC1. The van der Waals surface area contributed by atoms with Gasteiger partial charge in [-0.1, -0.05) is 27.7 Å². The fraction of sp³-hybridized carbons (Fsp3) is 0.947. The number of ether oxygens (including phenoxy) is 1. The highest BCUT2D eigenvalue weighted by Crippen LogP contribution is 2.12. The fourth-order valence-electron chi connectivity index (χ4n) is 3.06. The molecule has 1 aliphatic rings. The molecule has 1 atom stereocenters. The summed E-state index contributed by atoms with van der Waals surface area (Å²) < 4.78 is 5.62. The van der Waals surface area contributed by atoms with Crippen molar-refractivity contribution in [2.45, 2.75) is 40.2 Å². The number of rotatable bonds is 10. The summed E-state index contributed by atoms with van der Waals surface area (Å²) in [6, 6.07) is 0.543. The van der Waals surface area contributed by atoms with Crippen LogP contribution in [0.1, 0.15) is 34.1 Å². The summed E-state index contributed by atoms with van der Waals surface area (Å²) in [6.45, 7) is 17.1. The monoisotopic (exact) mass is 355 g/mol. The second-order valence-electron chi connectivity index (χ2n) is 7.85. The highest BCUT2D eigenvalue weighted by atomic mass is 16.5. The van der Waals surface area contributed by atoms with Crippen LogP contribution in [0.15, 0.2) is 4.99 Å². The van der Waals surface area contributed by atoms with Crippen LogP contribution in [0.2, 0.25) is 0 Å². The molecule has 1 saturated heterocycles. The van der Waals surface area contributed by atoms with Gasteiger partial charge in [-0.3, -0.25) is 9.89 Å². The van der Waals surface area contributed by atoms with Gasteiger partial charge in [0.05, 0.1) is 0 Å². The van der Waals surface area contributed by atoms with Crippen LogP contribution in [0.4, 0.5) is 0 Å². The molecule has 0 saturated carbocycles. The minimum absolute atomic E-state index is 0.543. The first kappa shape index (κ1) is 22.2. The van der Waals surface area contributed by atoms with Crippen LogP contribution in [-0.4, -0.2) is 88.4 Å². The summed E-state index contributed by atoms with van der Waals surface area (Å²) in [5, 5.41) is 6.91. The molecule has 0 spiro atoms. The van der Waals surface area contributed by atoms with Gasteiger partial charge in [0.1, 0.15) is 0 Å². The first-order chi connectivity index (χ1) is 11.9. The summed E-state index contributed by atoms with van der Waals surface area (Å²) >= 11 is 0. The number of likely N-dealkylation sites (N-methyl/N-ethyl adjacent to an activating group) is 1. The predicted octanol–water partition coefficient (Wildman–Crippen LogP) is 1.49. The molecule has 1 heterocycles. The third-order valence-corrected chi connectivity index (χ3v) is 4.69. The summed E-state index contributed by atoms with van der Waals surface area (Å²) in [7, 11) is 4.04. The van der Waals surface area contributed by atoms with Crippen LogP contribution in [0, 0.1) is 11.8 Å². The number of hydrogen-bond donors (Lipinski definition) is 2. The van der Waals surface area contributed by atoms with Crippen LogP contribution in [0.3, 0.4) is 0 Å². The lowest BCUT2D eigenvalue weighted by Crippen LogP contribution is -2.55. The first-order valence-electron chi connectivity index (χ1n) is 9.88. The Balaban J connectivity index is 2.28. The molecule has 0 aliphatic carbocycles. The second kappa shape index (κ2) is 12.5. The molecular weight excluding hydrogens is 314 g/mol. The van der Waals surface area contributed by atoms with Crippen molar-refractivity contribution in [2.24, 2.45) is 16.8 Å². The van der Waals surface area contributed by atoms with Crippen molar-refractivity contribution in [2.75, 3.05) is 66.6 Å². The lowest BCUT2D eigenvalue weighted by atomic mass is 10.0. The van der Waals surface area contributed by atoms with Gasteiger partial charge in [0.2, 0.25) is 0 Å². The summed E-state index contributed by atoms with van der Waals surface area (Å²) in [6.07, 6.45) is 0.999. The zero-order chi connectivity index (χ0) is 18.7. The maximum atomic E-state index is 5.62. The molecule has 1 rings (SSSR count). The molecule has 0 aromatic rings. The molecule has 1 unspecified atom stereocenters. The van der Waals surface area contributed by atoms with E-state index in [1.807, 2.05) is 7.05 Å². The van der Waals surface area contributed by atoms with Crippen LogP contribution in [-0.2, 0) is 4.74 Å². The molecule has 6 heteroatoms. The van der Waals surface area contributed by atoms with E-state index in [2.05, 4.69) is 60.2 Å². The summed E-state index contributed by atoms with van der Waals surface area (Å²) in [5.74, 6) is 2.12. The maximum Gasteiger partial charge on any atom is 0.191 e. The Bertz CT molecular complexity index is 365. The number of guanidine groups is 1. The number of nitrogens with one attached hydrogen (secondary N) is 2. The second-order valence-corrected chi connectivity index (χ2v) is 7.85. The Morgan fingerprint density at radius 3 is 2.32 bits per heavy atom. The third-order valence-electron chi connectivity index (χ3n) is 4.69. The van der Waals surface area contributed by atoms with Gasteiger partial charge in [0.15, 0.2) is 5.96 Å². The van der Waals surface area contributed by atoms with E-state index in [9.17, 15) is 0 Å². The molecule has 0 aromatic heterocycles. The van der Waals surface area contributed by atoms with E-state index in [1.165, 1.54) is 0 Å². The number of hydrogen-bond acceptors (Lipinski definition) is 4. The number of piperazine rings is 1. The fourth-order valence-corrected chi connectivity index (χ4v) is 3.06. The van der Waals surface area contributed by atoms with Gasteiger partial charge in [0, 0.05) is 65.6 Å². The van der Waals surface area contributed by atoms with E-state index >= 15 is 0 Å². The van der Waals surface area contributed by atoms with E-state index in [-0.39, 0.29) is 0 Å². The zero-order valence-corrected chi connectivity index (χ0v) is 17.3. The smallest absolute Gasteiger partial charge is 0.191 e. The topological polar surface area (TPSA) is 52.1 Å². The molecule has 0 bridgehead atoms. The van der Waals surface area contributed by atoms with Gasteiger partial charge in [0.25, 0.3) is 0 Å². The summed E-state index contributed by atoms with van der Waals surface area (Å²) in [5.41, 5.74) is 0. The number of nitrogens with zero attached hydrogens (tertiary/aromatic N) is 3. The van der Waals surface area contributed by atoms with E-state index in [1.54, 1.807) is 0 Å². The summed E-state index contributed by atoms with van der Waals surface area (Å²) in [4.78, 5) is 9.37. The minimum atomic E-state index is 0.543. The Morgan fingerprint density at radius 2 is 1.76 bits per heavy atom. The number of aliphatic imine (C=N–C) groups is 1. The van der Waals surface area contributed by atoms with E-state index in [0.717, 1.165) is 64.9 Å². The van der Waals surface area contributed by atoms with Crippen LogP contribution in [0.25, 0.3) is 0 Å². The van der Waals surface area contributed by atoms with E-state index < -0.39 is 0 Å². The van der Waals surface area contributed by atoms with Crippen molar-refractivity contribution in [1.82, 2.24) is 20.4 Å². The molecule has 0 aromatic carbocycles. The molecule has 6 nitrogen and oxygen atoms in total. The molecular formula is C19H41N5O. The normalized spacial score (nSPS) is 18.8. The van der Waals surface area contributed by atoms with Gasteiger partial charge in [-0.25, -0.2) is 0 Å². The molecule has 25 heavy (non-hydrogen) atoms. The lowest BCUT2D eigenvalue weighted by molar-refractivity contribution is 0.0899. The average molecular weight is 356 g/mol. The van der Waals surface area contributed by atoms with Gasteiger partial charge in [-0.15, -0.1) is 0 Å². The molecule has 2 N–H and O–H groups in total. The third kappa shape index (κ3) is 9.42. The molecule has 0 amide bonds. The highest BCUT2D eigenvalue weighted by Gasteiger charge is 2.24. The van der Waals surface area contributed by atoms with E-state index in [4.69, 9.17) is 4.74 Å². The Kier molecular flexibility index (Phi) is 11.1. The van der Waals surface area contributed by atoms with Crippen LogP contribution < -0.4 is 10.6 Å².